The molecule has 6 heteroatoms. The predicted octanol–water partition coefficient (Wildman–Crippen LogP) is 2.32. The number of rotatable bonds is 1. The van der Waals surface area contributed by atoms with Crippen molar-refractivity contribution in [3.05, 3.63) is 22.2 Å². The second-order valence-corrected chi connectivity index (χ2v) is 5.52. The number of amidine groups is 1. The van der Waals surface area contributed by atoms with E-state index in [9.17, 15) is 0 Å². The fourth-order valence-electron chi connectivity index (χ4n) is 2.27. The molecule has 2 aliphatic heterocycles. The maximum atomic E-state index is 5.70. The predicted molar refractivity (Wildman–Crippen MR) is 77.1 cm³/mol. The zero-order valence-corrected chi connectivity index (χ0v) is 12.1. The summed E-state index contributed by atoms with van der Waals surface area (Å²) in [5.41, 5.74) is 7.60. The Morgan fingerprint density at radius 3 is 2.84 bits per heavy atom. The highest BCUT2D eigenvalue weighted by atomic mass is 79.9. The van der Waals surface area contributed by atoms with Crippen LogP contribution in [0.3, 0.4) is 0 Å². The van der Waals surface area contributed by atoms with Gasteiger partial charge in [0, 0.05) is 17.9 Å². The minimum absolute atomic E-state index is 0.243. The Kier molecular flexibility index (Phi) is 3.18. The lowest BCUT2D eigenvalue weighted by Crippen LogP contribution is -2.25. The standard InChI is InChI=1S/C13H14BrN3O2/c1-7-4-11(15)16-17-12(7)8-5-9(14)13-10(6-8)18-2-3-19-13/h5-7H,2-4H2,1H3,(H2,15,16). The van der Waals surface area contributed by atoms with E-state index in [-0.39, 0.29) is 5.92 Å². The summed E-state index contributed by atoms with van der Waals surface area (Å²) in [6, 6.07) is 3.94. The van der Waals surface area contributed by atoms with Crippen molar-refractivity contribution in [3.63, 3.8) is 0 Å². The highest BCUT2D eigenvalue weighted by Crippen LogP contribution is 2.39. The van der Waals surface area contributed by atoms with Crippen LogP contribution in [0.25, 0.3) is 0 Å². The number of nitrogens with zero attached hydrogens (tertiary/aromatic N) is 2. The van der Waals surface area contributed by atoms with Gasteiger partial charge in [-0.15, -0.1) is 5.10 Å². The van der Waals surface area contributed by atoms with Crippen LogP contribution in [0.5, 0.6) is 11.5 Å². The average Bonchev–Trinajstić information content (AvgIpc) is 2.38. The van der Waals surface area contributed by atoms with Crippen molar-refractivity contribution < 1.29 is 9.47 Å². The van der Waals surface area contributed by atoms with Crippen molar-refractivity contribution in [2.45, 2.75) is 13.3 Å². The van der Waals surface area contributed by atoms with Crippen LogP contribution in [-0.2, 0) is 0 Å². The summed E-state index contributed by atoms with van der Waals surface area (Å²) in [5.74, 6) is 2.31. The molecule has 2 heterocycles. The fraction of sp³-hybridized carbons (Fsp3) is 0.385. The maximum Gasteiger partial charge on any atom is 0.175 e. The minimum Gasteiger partial charge on any atom is -0.486 e. The first-order valence-electron chi connectivity index (χ1n) is 6.14. The molecule has 3 rings (SSSR count). The maximum absolute atomic E-state index is 5.70. The van der Waals surface area contributed by atoms with Gasteiger partial charge in [0.05, 0.1) is 10.2 Å². The molecule has 0 saturated carbocycles. The fourth-order valence-corrected chi connectivity index (χ4v) is 2.83. The zero-order valence-electron chi connectivity index (χ0n) is 10.5. The van der Waals surface area contributed by atoms with Gasteiger partial charge in [-0.05, 0) is 28.1 Å². The molecule has 0 amide bonds. The Hall–Kier alpha value is -1.56. The molecule has 1 aromatic rings. The summed E-state index contributed by atoms with van der Waals surface area (Å²) >= 11 is 3.51. The quantitative estimate of drug-likeness (QED) is 0.862. The molecule has 1 unspecified atom stereocenters. The van der Waals surface area contributed by atoms with Gasteiger partial charge in [0.2, 0.25) is 0 Å². The molecule has 1 aromatic carbocycles. The number of nitrogens with two attached hydrogens (primary N) is 1. The monoisotopic (exact) mass is 323 g/mol. The Labute approximate surface area is 119 Å². The lowest BCUT2D eigenvalue weighted by Gasteiger charge is -2.22. The normalized spacial score (nSPS) is 21.7. The second-order valence-electron chi connectivity index (χ2n) is 4.66. The summed E-state index contributed by atoms with van der Waals surface area (Å²) in [4.78, 5) is 0. The first-order chi connectivity index (χ1) is 9.15. The van der Waals surface area contributed by atoms with Gasteiger partial charge >= 0.3 is 0 Å². The lowest BCUT2D eigenvalue weighted by molar-refractivity contribution is 0.170. The molecule has 0 spiro atoms. The zero-order chi connectivity index (χ0) is 13.4. The molecule has 100 valence electrons. The van der Waals surface area contributed by atoms with E-state index in [2.05, 4.69) is 33.1 Å². The Balaban J connectivity index is 2.04. The van der Waals surface area contributed by atoms with Gasteiger partial charge in [0.1, 0.15) is 19.0 Å². The largest absolute Gasteiger partial charge is 0.486 e. The van der Waals surface area contributed by atoms with Crippen LogP contribution in [-0.4, -0.2) is 24.8 Å². The first-order valence-corrected chi connectivity index (χ1v) is 6.94. The van der Waals surface area contributed by atoms with Crippen LogP contribution in [0, 0.1) is 5.92 Å². The van der Waals surface area contributed by atoms with E-state index < -0.39 is 0 Å². The van der Waals surface area contributed by atoms with E-state index >= 15 is 0 Å². The smallest absolute Gasteiger partial charge is 0.175 e. The van der Waals surface area contributed by atoms with Gasteiger partial charge in [-0.3, -0.25) is 0 Å². The third kappa shape index (κ3) is 2.32. The van der Waals surface area contributed by atoms with Gasteiger partial charge in [-0.25, -0.2) is 0 Å². The highest BCUT2D eigenvalue weighted by Gasteiger charge is 2.23. The average molecular weight is 324 g/mol. The van der Waals surface area contributed by atoms with Crippen molar-refractivity contribution in [2.24, 2.45) is 21.9 Å². The summed E-state index contributed by atoms with van der Waals surface area (Å²) in [6.45, 7) is 3.23. The highest BCUT2D eigenvalue weighted by molar-refractivity contribution is 9.10. The third-order valence-electron chi connectivity index (χ3n) is 3.16. The summed E-state index contributed by atoms with van der Waals surface area (Å²) in [6.07, 6.45) is 0.727. The van der Waals surface area contributed by atoms with Gasteiger partial charge in [0.25, 0.3) is 0 Å². The van der Waals surface area contributed by atoms with Crippen molar-refractivity contribution in [3.8, 4) is 11.5 Å². The molecule has 5 nitrogen and oxygen atoms in total. The summed E-state index contributed by atoms with van der Waals surface area (Å²) in [5, 5.41) is 8.19. The van der Waals surface area contributed by atoms with Gasteiger partial charge in [-0.1, -0.05) is 6.92 Å². The molecule has 0 aliphatic carbocycles. The van der Waals surface area contributed by atoms with E-state index in [1.54, 1.807) is 0 Å². The van der Waals surface area contributed by atoms with Crippen LogP contribution in [0.1, 0.15) is 18.9 Å². The molecule has 19 heavy (non-hydrogen) atoms. The number of hydrogen-bond acceptors (Lipinski definition) is 5. The molecule has 0 fully saturated rings. The summed E-state index contributed by atoms with van der Waals surface area (Å²) < 4.78 is 12.1. The number of benzene rings is 1. The van der Waals surface area contributed by atoms with E-state index in [4.69, 9.17) is 15.2 Å². The molecule has 0 bridgehead atoms. The Bertz CT molecular complexity index is 583. The van der Waals surface area contributed by atoms with Gasteiger partial charge in [0.15, 0.2) is 11.5 Å². The molecule has 2 N–H and O–H groups in total. The number of fused-ring (bicyclic) bond motifs is 1. The van der Waals surface area contributed by atoms with E-state index in [0.717, 1.165) is 33.7 Å². The van der Waals surface area contributed by atoms with E-state index in [0.29, 0.717) is 19.0 Å². The van der Waals surface area contributed by atoms with Crippen molar-refractivity contribution in [2.75, 3.05) is 13.2 Å². The second kappa shape index (κ2) is 4.85. The van der Waals surface area contributed by atoms with Crippen molar-refractivity contribution in [1.82, 2.24) is 0 Å². The Morgan fingerprint density at radius 2 is 2.05 bits per heavy atom. The van der Waals surface area contributed by atoms with Gasteiger partial charge < -0.3 is 15.2 Å². The SMILES string of the molecule is CC1CC(N)=NN=C1c1cc(Br)c2c(c1)OCCO2. The molecule has 0 radical (unpaired) electrons. The number of ether oxygens (including phenoxy) is 2. The van der Waals surface area contributed by atoms with E-state index in [1.807, 2.05) is 12.1 Å². The van der Waals surface area contributed by atoms with Crippen LogP contribution >= 0.6 is 15.9 Å². The first kappa shape index (κ1) is 12.5. The Morgan fingerprint density at radius 1 is 1.26 bits per heavy atom. The lowest BCUT2D eigenvalue weighted by atomic mass is 9.94. The summed E-state index contributed by atoms with van der Waals surface area (Å²) in [7, 11) is 0. The molecular formula is C13H14BrN3O2. The molecule has 2 aliphatic rings. The molecule has 0 aromatic heterocycles. The van der Waals surface area contributed by atoms with Crippen LogP contribution in [0.2, 0.25) is 0 Å². The van der Waals surface area contributed by atoms with Gasteiger partial charge in [-0.2, -0.15) is 5.10 Å². The third-order valence-corrected chi connectivity index (χ3v) is 3.75. The van der Waals surface area contributed by atoms with E-state index in [1.165, 1.54) is 0 Å². The topological polar surface area (TPSA) is 69.2 Å². The molecular weight excluding hydrogens is 310 g/mol. The van der Waals surface area contributed by atoms with Crippen molar-refractivity contribution >= 4 is 27.5 Å². The van der Waals surface area contributed by atoms with Crippen molar-refractivity contribution in [1.29, 1.82) is 0 Å². The van der Waals surface area contributed by atoms with Crippen LogP contribution in [0.4, 0.5) is 0 Å². The molecule has 1 atom stereocenters. The molecule has 0 saturated heterocycles. The van der Waals surface area contributed by atoms with Crippen LogP contribution < -0.4 is 15.2 Å². The van der Waals surface area contributed by atoms with Crippen LogP contribution in [0.15, 0.2) is 26.8 Å². The minimum atomic E-state index is 0.243. The number of halogens is 1. The number of hydrogen-bond donors (Lipinski definition) is 1.